The smallest absolute Gasteiger partial charge is 0.0340 e. The zero-order valence-electron chi connectivity index (χ0n) is 8.45. The van der Waals surface area contributed by atoms with Crippen LogP contribution in [0.4, 0.5) is 5.69 Å². The van der Waals surface area contributed by atoms with E-state index in [0.29, 0.717) is 6.04 Å². The Hall–Kier alpha value is -1.02. The van der Waals surface area contributed by atoms with Crippen molar-refractivity contribution in [2.45, 2.75) is 25.3 Å². The Labute approximate surface area is 85.5 Å². The highest BCUT2D eigenvalue weighted by Gasteiger charge is 2.20. The maximum atomic E-state index is 5.87. The summed E-state index contributed by atoms with van der Waals surface area (Å²) in [4.78, 5) is 0. The van der Waals surface area contributed by atoms with Crippen LogP contribution in [0, 0.1) is 5.92 Å². The van der Waals surface area contributed by atoms with Gasteiger partial charge in [-0.3, -0.25) is 0 Å². The van der Waals surface area contributed by atoms with Crippen molar-refractivity contribution in [1.29, 1.82) is 0 Å². The molecule has 1 aromatic rings. The first-order valence-corrected chi connectivity index (χ1v) is 5.39. The number of nitrogens with two attached hydrogens (primary N) is 1. The van der Waals surface area contributed by atoms with Gasteiger partial charge in [-0.2, -0.15) is 0 Å². The average molecular weight is 190 g/mol. The van der Waals surface area contributed by atoms with Gasteiger partial charge in [-0.25, -0.2) is 0 Å². The van der Waals surface area contributed by atoms with E-state index in [-0.39, 0.29) is 0 Å². The van der Waals surface area contributed by atoms with E-state index in [9.17, 15) is 0 Å². The molecule has 0 aliphatic heterocycles. The van der Waals surface area contributed by atoms with E-state index in [1.54, 1.807) is 0 Å². The van der Waals surface area contributed by atoms with Gasteiger partial charge in [0.25, 0.3) is 0 Å². The van der Waals surface area contributed by atoms with Crippen LogP contribution in [0.15, 0.2) is 30.3 Å². The summed E-state index contributed by atoms with van der Waals surface area (Å²) in [6, 6.07) is 10.8. The molecule has 0 heterocycles. The van der Waals surface area contributed by atoms with Gasteiger partial charge in [0.05, 0.1) is 0 Å². The normalized spacial score (nSPS) is 26.4. The molecule has 2 rings (SSSR count). The summed E-state index contributed by atoms with van der Waals surface area (Å²) in [5.74, 6) is 0.769. The van der Waals surface area contributed by atoms with Gasteiger partial charge >= 0.3 is 0 Å². The number of rotatable bonds is 3. The lowest BCUT2D eigenvalue weighted by Crippen LogP contribution is -2.17. The highest BCUT2D eigenvalue weighted by Crippen LogP contribution is 2.24. The summed E-state index contributed by atoms with van der Waals surface area (Å²) in [6.45, 7) is 1.07. The Morgan fingerprint density at radius 1 is 1.21 bits per heavy atom. The molecule has 0 amide bonds. The molecule has 1 aliphatic carbocycles. The molecule has 1 fully saturated rings. The van der Waals surface area contributed by atoms with Gasteiger partial charge in [-0.1, -0.05) is 18.2 Å². The van der Waals surface area contributed by atoms with Crippen molar-refractivity contribution in [3.63, 3.8) is 0 Å². The predicted molar refractivity (Wildman–Crippen MR) is 60.2 cm³/mol. The van der Waals surface area contributed by atoms with E-state index in [1.807, 2.05) is 6.07 Å². The minimum Gasteiger partial charge on any atom is -0.385 e. The lowest BCUT2D eigenvalue weighted by molar-refractivity contribution is 0.566. The van der Waals surface area contributed by atoms with Gasteiger partial charge in [-0.15, -0.1) is 0 Å². The van der Waals surface area contributed by atoms with Crippen LogP contribution in [-0.4, -0.2) is 12.6 Å². The predicted octanol–water partition coefficient (Wildman–Crippen LogP) is 2.23. The van der Waals surface area contributed by atoms with Crippen LogP contribution in [0.2, 0.25) is 0 Å². The van der Waals surface area contributed by atoms with Crippen LogP contribution in [0.1, 0.15) is 19.3 Å². The molecule has 0 bridgehead atoms. The molecule has 2 nitrogen and oxygen atoms in total. The minimum atomic E-state index is 0.442. The van der Waals surface area contributed by atoms with E-state index in [4.69, 9.17) is 5.73 Å². The van der Waals surface area contributed by atoms with E-state index in [0.717, 1.165) is 12.5 Å². The number of benzene rings is 1. The summed E-state index contributed by atoms with van der Waals surface area (Å²) in [5.41, 5.74) is 7.08. The first-order chi connectivity index (χ1) is 6.84. The topological polar surface area (TPSA) is 38.0 Å². The molecule has 2 unspecified atom stereocenters. The molecule has 3 N–H and O–H groups in total. The maximum absolute atomic E-state index is 5.87. The van der Waals surface area contributed by atoms with Gasteiger partial charge < -0.3 is 11.1 Å². The third kappa shape index (κ3) is 2.48. The molecular weight excluding hydrogens is 172 g/mol. The fourth-order valence-corrected chi connectivity index (χ4v) is 2.12. The lowest BCUT2D eigenvalue weighted by Gasteiger charge is -2.11. The zero-order chi connectivity index (χ0) is 9.80. The molecule has 76 valence electrons. The SMILES string of the molecule is NC1CCC(CNc2ccccc2)C1. The Bertz CT molecular complexity index is 271. The van der Waals surface area contributed by atoms with Gasteiger partial charge in [-0.05, 0) is 37.3 Å². The first kappa shape index (κ1) is 9.53. The fraction of sp³-hybridized carbons (Fsp3) is 0.500. The molecule has 2 heteroatoms. The van der Waals surface area contributed by atoms with Crippen LogP contribution in [-0.2, 0) is 0 Å². The fourth-order valence-electron chi connectivity index (χ4n) is 2.12. The van der Waals surface area contributed by atoms with Crippen LogP contribution in [0.5, 0.6) is 0 Å². The second-order valence-corrected chi connectivity index (χ2v) is 4.19. The van der Waals surface area contributed by atoms with Crippen LogP contribution in [0.25, 0.3) is 0 Å². The number of nitrogens with one attached hydrogen (secondary N) is 1. The molecule has 1 aromatic carbocycles. The summed E-state index contributed by atoms with van der Waals surface area (Å²) in [5, 5.41) is 3.45. The van der Waals surface area contributed by atoms with Gasteiger partial charge in [0.1, 0.15) is 0 Å². The van der Waals surface area contributed by atoms with Crippen LogP contribution >= 0.6 is 0 Å². The molecule has 14 heavy (non-hydrogen) atoms. The molecule has 0 spiro atoms. The van der Waals surface area contributed by atoms with Crippen molar-refractivity contribution in [1.82, 2.24) is 0 Å². The average Bonchev–Trinajstić information content (AvgIpc) is 2.63. The monoisotopic (exact) mass is 190 g/mol. The Balaban J connectivity index is 1.78. The molecular formula is C12H18N2. The van der Waals surface area contributed by atoms with Crippen molar-refractivity contribution in [3.8, 4) is 0 Å². The molecule has 0 radical (unpaired) electrons. The number of hydrogen-bond donors (Lipinski definition) is 2. The van der Waals surface area contributed by atoms with E-state index in [2.05, 4.69) is 29.6 Å². The van der Waals surface area contributed by atoms with E-state index >= 15 is 0 Å². The van der Waals surface area contributed by atoms with Crippen molar-refractivity contribution >= 4 is 5.69 Å². The zero-order valence-corrected chi connectivity index (χ0v) is 8.45. The first-order valence-electron chi connectivity index (χ1n) is 5.39. The molecule has 0 aromatic heterocycles. The summed E-state index contributed by atoms with van der Waals surface area (Å²) in [6.07, 6.45) is 3.65. The second kappa shape index (κ2) is 4.47. The third-order valence-corrected chi connectivity index (χ3v) is 2.95. The Kier molecular flexibility index (Phi) is 3.04. The number of hydrogen-bond acceptors (Lipinski definition) is 2. The standard InChI is InChI=1S/C12H18N2/c13-11-7-6-10(8-11)9-14-12-4-2-1-3-5-12/h1-5,10-11,14H,6-9,13H2. The highest BCUT2D eigenvalue weighted by molar-refractivity contribution is 5.42. The highest BCUT2D eigenvalue weighted by atomic mass is 14.9. The minimum absolute atomic E-state index is 0.442. The quantitative estimate of drug-likeness (QED) is 0.767. The lowest BCUT2D eigenvalue weighted by atomic mass is 10.1. The van der Waals surface area contributed by atoms with Crippen molar-refractivity contribution in [2.24, 2.45) is 11.7 Å². The largest absolute Gasteiger partial charge is 0.385 e. The van der Waals surface area contributed by atoms with Gasteiger partial charge in [0.15, 0.2) is 0 Å². The van der Waals surface area contributed by atoms with E-state index in [1.165, 1.54) is 24.9 Å². The summed E-state index contributed by atoms with van der Waals surface area (Å²) < 4.78 is 0. The third-order valence-electron chi connectivity index (χ3n) is 2.95. The Morgan fingerprint density at radius 2 is 2.00 bits per heavy atom. The molecule has 2 atom stereocenters. The Morgan fingerprint density at radius 3 is 2.64 bits per heavy atom. The van der Waals surface area contributed by atoms with Crippen molar-refractivity contribution < 1.29 is 0 Å². The molecule has 1 saturated carbocycles. The van der Waals surface area contributed by atoms with Gasteiger partial charge in [0, 0.05) is 18.3 Å². The summed E-state index contributed by atoms with van der Waals surface area (Å²) in [7, 11) is 0. The number of anilines is 1. The van der Waals surface area contributed by atoms with Crippen LogP contribution < -0.4 is 11.1 Å². The summed E-state index contributed by atoms with van der Waals surface area (Å²) >= 11 is 0. The van der Waals surface area contributed by atoms with Crippen molar-refractivity contribution in [2.75, 3.05) is 11.9 Å². The van der Waals surface area contributed by atoms with Gasteiger partial charge in [0.2, 0.25) is 0 Å². The molecule has 1 aliphatic rings. The van der Waals surface area contributed by atoms with Crippen molar-refractivity contribution in [3.05, 3.63) is 30.3 Å². The van der Waals surface area contributed by atoms with E-state index < -0.39 is 0 Å². The molecule has 0 saturated heterocycles. The maximum Gasteiger partial charge on any atom is 0.0340 e. The van der Waals surface area contributed by atoms with Crippen LogP contribution in [0.3, 0.4) is 0 Å². The second-order valence-electron chi connectivity index (χ2n) is 4.19. The number of para-hydroxylation sites is 1.